The fraction of sp³-hybridized carbons (Fsp3) is 0.667. The van der Waals surface area contributed by atoms with Crippen molar-refractivity contribution in [1.82, 2.24) is 5.32 Å². The van der Waals surface area contributed by atoms with Crippen molar-refractivity contribution in [3.05, 3.63) is 34.4 Å². The predicted molar refractivity (Wildman–Crippen MR) is 83.6 cm³/mol. The lowest BCUT2D eigenvalue weighted by Gasteiger charge is -2.28. The summed E-state index contributed by atoms with van der Waals surface area (Å²) in [5, 5.41) is 3.57. The summed E-state index contributed by atoms with van der Waals surface area (Å²) >= 11 is 0. The summed E-state index contributed by atoms with van der Waals surface area (Å²) in [6.45, 7) is 6.72. The van der Waals surface area contributed by atoms with E-state index in [1.807, 2.05) is 0 Å². The van der Waals surface area contributed by atoms with Crippen molar-refractivity contribution in [2.75, 3.05) is 7.05 Å². The van der Waals surface area contributed by atoms with Crippen LogP contribution in [0.5, 0.6) is 0 Å². The van der Waals surface area contributed by atoms with Crippen molar-refractivity contribution in [1.29, 1.82) is 0 Å². The van der Waals surface area contributed by atoms with Crippen LogP contribution in [0.4, 0.5) is 0 Å². The fourth-order valence-corrected chi connectivity index (χ4v) is 3.88. The third-order valence-corrected chi connectivity index (χ3v) is 4.73. The molecule has 0 radical (unpaired) electrons. The molecule has 19 heavy (non-hydrogen) atoms. The van der Waals surface area contributed by atoms with Crippen LogP contribution in [0.25, 0.3) is 0 Å². The lowest BCUT2D eigenvalue weighted by Crippen LogP contribution is -2.23. The first kappa shape index (κ1) is 14.6. The molecule has 1 aromatic rings. The van der Waals surface area contributed by atoms with Gasteiger partial charge < -0.3 is 5.32 Å². The van der Waals surface area contributed by atoms with Crippen LogP contribution in [-0.4, -0.2) is 7.05 Å². The van der Waals surface area contributed by atoms with E-state index < -0.39 is 0 Å². The quantitative estimate of drug-likeness (QED) is 0.815. The minimum atomic E-state index is 0.531. The highest BCUT2D eigenvalue weighted by atomic mass is 14.9. The van der Waals surface area contributed by atoms with E-state index in [9.17, 15) is 0 Å². The third kappa shape index (κ3) is 3.60. The van der Waals surface area contributed by atoms with Gasteiger partial charge in [0.15, 0.2) is 0 Å². The Kier molecular flexibility index (Phi) is 5.04. The first-order valence-corrected chi connectivity index (χ1v) is 7.87. The summed E-state index contributed by atoms with van der Waals surface area (Å²) < 4.78 is 0. The summed E-state index contributed by atoms with van der Waals surface area (Å²) in [4.78, 5) is 0. The second-order valence-electron chi connectivity index (χ2n) is 6.39. The topological polar surface area (TPSA) is 12.0 Å². The molecular weight excluding hydrogens is 230 g/mol. The second kappa shape index (κ2) is 6.56. The van der Waals surface area contributed by atoms with Gasteiger partial charge in [-0.1, -0.05) is 49.8 Å². The number of nitrogens with one attached hydrogen (secondary N) is 1. The van der Waals surface area contributed by atoms with Crippen molar-refractivity contribution in [3.8, 4) is 0 Å². The maximum atomic E-state index is 3.57. The standard InChI is InChI=1S/C18H29N/c1-13-10-14(2)18(15(3)11-13)17(19-4)12-16-8-6-5-7-9-16/h10-11,16-17,19H,5-9,12H2,1-4H3. The van der Waals surface area contributed by atoms with Crippen LogP contribution in [0, 0.1) is 26.7 Å². The average Bonchev–Trinajstić information content (AvgIpc) is 2.37. The van der Waals surface area contributed by atoms with Gasteiger partial charge in [-0.05, 0) is 56.8 Å². The molecule has 106 valence electrons. The van der Waals surface area contributed by atoms with E-state index in [0.29, 0.717) is 6.04 Å². The maximum absolute atomic E-state index is 3.57. The fourth-order valence-electron chi connectivity index (χ4n) is 3.88. The van der Waals surface area contributed by atoms with E-state index in [4.69, 9.17) is 0 Å². The van der Waals surface area contributed by atoms with Gasteiger partial charge in [0.1, 0.15) is 0 Å². The van der Waals surface area contributed by atoms with Gasteiger partial charge in [0, 0.05) is 6.04 Å². The Labute approximate surface area is 118 Å². The minimum Gasteiger partial charge on any atom is -0.313 e. The van der Waals surface area contributed by atoms with Gasteiger partial charge >= 0.3 is 0 Å². The van der Waals surface area contributed by atoms with Crippen molar-refractivity contribution >= 4 is 0 Å². The largest absolute Gasteiger partial charge is 0.313 e. The summed E-state index contributed by atoms with van der Waals surface area (Å²) in [5.41, 5.74) is 5.82. The van der Waals surface area contributed by atoms with E-state index in [1.54, 1.807) is 5.56 Å². The molecule has 1 nitrogen and oxygen atoms in total. The summed E-state index contributed by atoms with van der Waals surface area (Å²) in [6.07, 6.45) is 8.49. The number of aryl methyl sites for hydroxylation is 3. The van der Waals surface area contributed by atoms with Gasteiger partial charge in [0.25, 0.3) is 0 Å². The van der Waals surface area contributed by atoms with E-state index in [-0.39, 0.29) is 0 Å². The van der Waals surface area contributed by atoms with Gasteiger partial charge in [-0.3, -0.25) is 0 Å². The average molecular weight is 259 g/mol. The first-order chi connectivity index (χ1) is 9.11. The third-order valence-electron chi connectivity index (χ3n) is 4.73. The second-order valence-corrected chi connectivity index (χ2v) is 6.39. The molecule has 2 rings (SSSR count). The Balaban J connectivity index is 2.16. The van der Waals surface area contributed by atoms with Crippen molar-refractivity contribution < 1.29 is 0 Å². The molecule has 1 aliphatic rings. The van der Waals surface area contributed by atoms with Gasteiger partial charge in [-0.15, -0.1) is 0 Å². The Morgan fingerprint density at radius 2 is 1.63 bits per heavy atom. The van der Waals surface area contributed by atoms with Gasteiger partial charge in [-0.2, -0.15) is 0 Å². The van der Waals surface area contributed by atoms with Crippen LogP contribution in [0.2, 0.25) is 0 Å². The molecular formula is C18H29N. The lowest BCUT2D eigenvalue weighted by molar-refractivity contribution is 0.305. The Hall–Kier alpha value is -0.820. The number of hydrogen-bond acceptors (Lipinski definition) is 1. The van der Waals surface area contributed by atoms with Crippen LogP contribution >= 0.6 is 0 Å². The monoisotopic (exact) mass is 259 g/mol. The molecule has 1 aliphatic carbocycles. The van der Waals surface area contributed by atoms with E-state index in [0.717, 1.165) is 5.92 Å². The molecule has 0 saturated heterocycles. The first-order valence-electron chi connectivity index (χ1n) is 7.87. The molecule has 1 unspecified atom stereocenters. The molecule has 1 heteroatoms. The van der Waals surface area contributed by atoms with Crippen molar-refractivity contribution in [3.63, 3.8) is 0 Å². The Bertz CT molecular complexity index is 393. The van der Waals surface area contributed by atoms with Crippen LogP contribution in [-0.2, 0) is 0 Å². The van der Waals surface area contributed by atoms with Crippen molar-refractivity contribution in [2.45, 2.75) is 65.3 Å². The van der Waals surface area contributed by atoms with Gasteiger partial charge in [0.2, 0.25) is 0 Å². The molecule has 1 fully saturated rings. The highest BCUT2D eigenvalue weighted by Crippen LogP contribution is 2.34. The van der Waals surface area contributed by atoms with E-state index in [1.165, 1.54) is 55.2 Å². The Morgan fingerprint density at radius 3 is 2.16 bits per heavy atom. The molecule has 0 amide bonds. The zero-order valence-corrected chi connectivity index (χ0v) is 13.1. The van der Waals surface area contributed by atoms with Crippen LogP contribution in [0.3, 0.4) is 0 Å². The molecule has 0 spiro atoms. The van der Waals surface area contributed by atoms with Crippen LogP contribution < -0.4 is 5.32 Å². The zero-order chi connectivity index (χ0) is 13.8. The normalized spacial score (nSPS) is 18.5. The summed E-state index contributed by atoms with van der Waals surface area (Å²) in [6, 6.07) is 5.19. The molecule has 1 N–H and O–H groups in total. The maximum Gasteiger partial charge on any atom is 0.0325 e. The molecule has 0 aromatic heterocycles. The zero-order valence-electron chi connectivity index (χ0n) is 13.1. The summed E-state index contributed by atoms with van der Waals surface area (Å²) in [7, 11) is 2.12. The minimum absolute atomic E-state index is 0.531. The Morgan fingerprint density at radius 1 is 1.05 bits per heavy atom. The van der Waals surface area contributed by atoms with Crippen LogP contribution in [0.15, 0.2) is 12.1 Å². The van der Waals surface area contributed by atoms with Gasteiger partial charge in [0.05, 0.1) is 0 Å². The number of rotatable bonds is 4. The molecule has 0 bridgehead atoms. The molecule has 1 aromatic carbocycles. The SMILES string of the molecule is CNC(CC1CCCCC1)c1c(C)cc(C)cc1C. The molecule has 0 heterocycles. The van der Waals surface area contributed by atoms with E-state index in [2.05, 4.69) is 45.3 Å². The molecule has 1 saturated carbocycles. The smallest absolute Gasteiger partial charge is 0.0325 e. The molecule has 0 aliphatic heterocycles. The number of benzene rings is 1. The number of hydrogen-bond donors (Lipinski definition) is 1. The molecule has 1 atom stereocenters. The van der Waals surface area contributed by atoms with Crippen molar-refractivity contribution in [2.24, 2.45) is 5.92 Å². The predicted octanol–water partition coefficient (Wildman–Crippen LogP) is 4.84. The summed E-state index contributed by atoms with van der Waals surface area (Å²) in [5.74, 6) is 0.923. The van der Waals surface area contributed by atoms with E-state index >= 15 is 0 Å². The lowest BCUT2D eigenvalue weighted by atomic mass is 9.81. The van der Waals surface area contributed by atoms with Gasteiger partial charge in [-0.25, -0.2) is 0 Å². The van der Waals surface area contributed by atoms with Crippen LogP contribution in [0.1, 0.15) is 66.8 Å². The highest BCUT2D eigenvalue weighted by molar-refractivity contribution is 5.39. The highest BCUT2D eigenvalue weighted by Gasteiger charge is 2.21.